The highest BCUT2D eigenvalue weighted by molar-refractivity contribution is 6.30. The van der Waals surface area contributed by atoms with E-state index in [2.05, 4.69) is 27.8 Å². The third-order valence-electron chi connectivity index (χ3n) is 3.83. The summed E-state index contributed by atoms with van der Waals surface area (Å²) >= 11 is 6.09. The Kier molecular flexibility index (Phi) is 4.56. The minimum Gasteiger partial charge on any atom is -0.314 e. The molecule has 5 heteroatoms. The Bertz CT molecular complexity index is 591. The summed E-state index contributed by atoms with van der Waals surface area (Å²) < 4.78 is 1.76. The van der Waals surface area contributed by atoms with Crippen LogP contribution < -0.4 is 5.32 Å². The SMILES string of the molecule is Cn1cc(CC(CNC2CC2)Cc2cccc(Cl)c2)nn1. The first-order valence-electron chi connectivity index (χ1n) is 7.52. The van der Waals surface area contributed by atoms with Crippen LogP contribution in [0, 0.1) is 5.92 Å². The maximum Gasteiger partial charge on any atom is 0.0830 e. The van der Waals surface area contributed by atoms with Crippen molar-refractivity contribution in [1.29, 1.82) is 0 Å². The minimum atomic E-state index is 0.515. The molecule has 2 aromatic rings. The molecule has 1 saturated carbocycles. The lowest BCUT2D eigenvalue weighted by atomic mass is 9.95. The summed E-state index contributed by atoms with van der Waals surface area (Å²) in [5.41, 5.74) is 2.34. The molecule has 0 amide bonds. The van der Waals surface area contributed by atoms with Crippen LogP contribution in [0.5, 0.6) is 0 Å². The Hall–Kier alpha value is -1.39. The zero-order valence-electron chi connectivity index (χ0n) is 12.3. The third-order valence-corrected chi connectivity index (χ3v) is 4.07. The normalized spacial score (nSPS) is 16.1. The van der Waals surface area contributed by atoms with E-state index in [1.54, 1.807) is 4.68 Å². The first kappa shape index (κ1) is 14.5. The zero-order valence-corrected chi connectivity index (χ0v) is 13.1. The number of aromatic nitrogens is 3. The van der Waals surface area contributed by atoms with Crippen LogP contribution in [0.4, 0.5) is 0 Å². The fraction of sp³-hybridized carbons (Fsp3) is 0.500. The Labute approximate surface area is 130 Å². The second kappa shape index (κ2) is 6.58. The van der Waals surface area contributed by atoms with Gasteiger partial charge in [-0.1, -0.05) is 28.9 Å². The van der Waals surface area contributed by atoms with Crippen molar-refractivity contribution in [3.63, 3.8) is 0 Å². The lowest BCUT2D eigenvalue weighted by Crippen LogP contribution is -2.27. The highest BCUT2D eigenvalue weighted by Crippen LogP contribution is 2.21. The molecule has 4 nitrogen and oxygen atoms in total. The van der Waals surface area contributed by atoms with Crippen molar-refractivity contribution in [3.8, 4) is 0 Å². The van der Waals surface area contributed by atoms with Crippen molar-refractivity contribution < 1.29 is 0 Å². The summed E-state index contributed by atoms with van der Waals surface area (Å²) in [6.07, 6.45) is 6.59. The van der Waals surface area contributed by atoms with E-state index in [0.717, 1.165) is 36.1 Å². The number of nitrogens with zero attached hydrogens (tertiary/aromatic N) is 3. The second-order valence-electron chi connectivity index (χ2n) is 5.97. The van der Waals surface area contributed by atoms with Gasteiger partial charge in [0.05, 0.1) is 5.69 Å². The van der Waals surface area contributed by atoms with Gasteiger partial charge >= 0.3 is 0 Å². The van der Waals surface area contributed by atoms with Crippen molar-refractivity contribution in [3.05, 3.63) is 46.7 Å². The van der Waals surface area contributed by atoms with Crippen LogP contribution in [0.25, 0.3) is 0 Å². The van der Waals surface area contributed by atoms with Gasteiger partial charge in [0.2, 0.25) is 0 Å². The molecular weight excluding hydrogens is 284 g/mol. The molecule has 1 fully saturated rings. The highest BCUT2D eigenvalue weighted by atomic mass is 35.5. The van der Waals surface area contributed by atoms with Gasteiger partial charge in [-0.3, -0.25) is 4.68 Å². The number of hydrogen-bond donors (Lipinski definition) is 1. The fourth-order valence-electron chi connectivity index (χ4n) is 2.62. The van der Waals surface area contributed by atoms with Gasteiger partial charge in [-0.25, -0.2) is 0 Å². The van der Waals surface area contributed by atoms with E-state index in [-0.39, 0.29) is 0 Å². The van der Waals surface area contributed by atoms with Crippen molar-refractivity contribution in [1.82, 2.24) is 20.3 Å². The van der Waals surface area contributed by atoms with Crippen LogP contribution in [0.15, 0.2) is 30.5 Å². The lowest BCUT2D eigenvalue weighted by Gasteiger charge is -2.16. The Morgan fingerprint density at radius 3 is 2.90 bits per heavy atom. The largest absolute Gasteiger partial charge is 0.314 e. The van der Waals surface area contributed by atoms with Gasteiger partial charge in [0, 0.05) is 24.3 Å². The predicted octanol–water partition coefficient (Wildman–Crippen LogP) is 2.62. The van der Waals surface area contributed by atoms with Crippen LogP contribution in [-0.4, -0.2) is 27.6 Å². The molecule has 0 radical (unpaired) electrons. The highest BCUT2D eigenvalue weighted by Gasteiger charge is 2.22. The summed E-state index contributed by atoms with van der Waals surface area (Å²) in [4.78, 5) is 0. The molecule has 3 rings (SSSR count). The Morgan fingerprint density at radius 1 is 1.38 bits per heavy atom. The average molecular weight is 305 g/mol. The van der Waals surface area contributed by atoms with Gasteiger partial charge < -0.3 is 5.32 Å². The molecule has 1 aromatic carbocycles. The molecule has 1 aromatic heterocycles. The first-order valence-corrected chi connectivity index (χ1v) is 7.90. The molecule has 1 aliphatic carbocycles. The van der Waals surface area contributed by atoms with Gasteiger partial charge in [0.1, 0.15) is 0 Å². The molecular formula is C16H21ClN4. The molecule has 0 spiro atoms. The molecule has 1 atom stereocenters. The number of nitrogens with one attached hydrogen (secondary N) is 1. The summed E-state index contributed by atoms with van der Waals surface area (Å²) in [6, 6.07) is 8.87. The van der Waals surface area contributed by atoms with Crippen LogP contribution in [-0.2, 0) is 19.9 Å². The Morgan fingerprint density at radius 2 is 2.24 bits per heavy atom. The molecule has 21 heavy (non-hydrogen) atoms. The quantitative estimate of drug-likeness (QED) is 0.855. The monoisotopic (exact) mass is 304 g/mol. The Balaban J connectivity index is 1.65. The van der Waals surface area contributed by atoms with E-state index in [1.165, 1.54) is 18.4 Å². The van der Waals surface area contributed by atoms with E-state index in [4.69, 9.17) is 11.6 Å². The average Bonchev–Trinajstić information content (AvgIpc) is 3.19. The molecule has 1 N–H and O–H groups in total. The van der Waals surface area contributed by atoms with Crippen molar-refractivity contribution in [2.45, 2.75) is 31.7 Å². The van der Waals surface area contributed by atoms with E-state index in [0.29, 0.717) is 5.92 Å². The summed E-state index contributed by atoms with van der Waals surface area (Å²) in [6.45, 7) is 1.02. The second-order valence-corrected chi connectivity index (χ2v) is 6.41. The lowest BCUT2D eigenvalue weighted by molar-refractivity contribution is 0.464. The number of hydrogen-bond acceptors (Lipinski definition) is 3. The standard InChI is InChI=1S/C16H21ClN4/c1-21-11-16(19-20-21)9-13(10-18-15-5-6-15)7-12-3-2-4-14(17)8-12/h2-4,8,11,13,15,18H,5-7,9-10H2,1H3. The number of rotatable bonds is 7. The van der Waals surface area contributed by atoms with E-state index in [9.17, 15) is 0 Å². The molecule has 0 aliphatic heterocycles. The minimum absolute atomic E-state index is 0.515. The zero-order chi connectivity index (χ0) is 14.7. The van der Waals surface area contributed by atoms with Crippen LogP contribution in [0.2, 0.25) is 5.02 Å². The van der Waals surface area contributed by atoms with Crippen LogP contribution in [0.1, 0.15) is 24.1 Å². The maximum atomic E-state index is 6.09. The van der Waals surface area contributed by atoms with Gasteiger partial charge in [0.25, 0.3) is 0 Å². The third kappa shape index (κ3) is 4.55. The smallest absolute Gasteiger partial charge is 0.0830 e. The van der Waals surface area contributed by atoms with E-state index in [1.807, 2.05) is 25.4 Å². The molecule has 1 unspecified atom stereocenters. The predicted molar refractivity (Wildman–Crippen MR) is 84.4 cm³/mol. The van der Waals surface area contributed by atoms with Crippen LogP contribution in [0.3, 0.4) is 0 Å². The van der Waals surface area contributed by atoms with Crippen molar-refractivity contribution in [2.24, 2.45) is 13.0 Å². The van der Waals surface area contributed by atoms with E-state index >= 15 is 0 Å². The van der Waals surface area contributed by atoms with Gasteiger partial charge in [-0.05, 0) is 55.8 Å². The number of benzene rings is 1. The molecule has 0 bridgehead atoms. The van der Waals surface area contributed by atoms with Crippen molar-refractivity contribution >= 4 is 11.6 Å². The topological polar surface area (TPSA) is 42.7 Å². The molecule has 1 heterocycles. The molecule has 112 valence electrons. The number of halogens is 1. The molecule has 0 saturated heterocycles. The van der Waals surface area contributed by atoms with Crippen LogP contribution >= 0.6 is 11.6 Å². The van der Waals surface area contributed by atoms with Crippen molar-refractivity contribution in [2.75, 3.05) is 6.54 Å². The van der Waals surface area contributed by atoms with Gasteiger partial charge in [-0.15, -0.1) is 5.10 Å². The first-order chi connectivity index (χ1) is 10.2. The summed E-state index contributed by atoms with van der Waals surface area (Å²) in [5, 5.41) is 12.7. The fourth-order valence-corrected chi connectivity index (χ4v) is 2.83. The summed E-state index contributed by atoms with van der Waals surface area (Å²) in [5.74, 6) is 0.515. The number of aryl methyl sites for hydroxylation is 1. The van der Waals surface area contributed by atoms with Gasteiger partial charge in [-0.2, -0.15) is 0 Å². The molecule has 1 aliphatic rings. The van der Waals surface area contributed by atoms with Gasteiger partial charge in [0.15, 0.2) is 0 Å². The maximum absolute atomic E-state index is 6.09. The summed E-state index contributed by atoms with van der Waals surface area (Å²) in [7, 11) is 1.91. The van der Waals surface area contributed by atoms with E-state index < -0.39 is 0 Å².